The summed E-state index contributed by atoms with van der Waals surface area (Å²) >= 11 is 0. The number of rotatable bonds is 2. The molecule has 0 aliphatic rings. The van der Waals surface area contributed by atoms with Gasteiger partial charge < -0.3 is 4.90 Å². The second-order valence-electron chi connectivity index (χ2n) is 4.99. The van der Waals surface area contributed by atoms with Crippen molar-refractivity contribution in [3.63, 3.8) is 0 Å². The summed E-state index contributed by atoms with van der Waals surface area (Å²) in [6.07, 6.45) is 0. The summed E-state index contributed by atoms with van der Waals surface area (Å²) in [6, 6.07) is 16.9. The van der Waals surface area contributed by atoms with Crippen LogP contribution < -0.4 is 9.47 Å². The maximum absolute atomic E-state index is 3.48. The van der Waals surface area contributed by atoms with E-state index < -0.39 is 0 Å². The van der Waals surface area contributed by atoms with Gasteiger partial charge in [0.05, 0.1) is 12.6 Å². The van der Waals surface area contributed by atoms with Gasteiger partial charge in [0.15, 0.2) is 11.0 Å². The quantitative estimate of drug-likeness (QED) is 0.696. The highest BCUT2D eigenvalue weighted by Gasteiger charge is 2.16. The number of hydrogen-bond acceptors (Lipinski definition) is 1. The molecule has 1 heterocycles. The molecular formula is C16H18N3+. The summed E-state index contributed by atoms with van der Waals surface area (Å²) in [4.78, 5) is 5.58. The average molecular weight is 252 g/mol. The van der Waals surface area contributed by atoms with Gasteiger partial charge >= 0.3 is 0 Å². The van der Waals surface area contributed by atoms with Gasteiger partial charge in [-0.1, -0.05) is 12.1 Å². The molecule has 0 radical (unpaired) electrons. The van der Waals surface area contributed by atoms with E-state index in [1.807, 2.05) is 0 Å². The molecule has 0 fully saturated rings. The van der Waals surface area contributed by atoms with Crippen molar-refractivity contribution in [1.29, 1.82) is 0 Å². The van der Waals surface area contributed by atoms with Crippen LogP contribution in [0.1, 0.15) is 0 Å². The number of aryl methyl sites for hydroxylation is 1. The predicted molar refractivity (Wildman–Crippen MR) is 79.2 cm³/mol. The lowest BCUT2D eigenvalue weighted by atomic mass is 10.2. The van der Waals surface area contributed by atoms with Crippen LogP contribution in [0, 0.1) is 0 Å². The molecule has 0 saturated heterocycles. The van der Waals surface area contributed by atoms with Gasteiger partial charge in [0, 0.05) is 19.8 Å². The van der Waals surface area contributed by atoms with Gasteiger partial charge in [-0.25, -0.2) is 9.55 Å². The first kappa shape index (κ1) is 11.8. The molecule has 3 aromatic rings. The number of hydrogen-bond donors (Lipinski definition) is 1. The molecule has 0 unspecified atom stereocenters. The monoisotopic (exact) mass is 252 g/mol. The molecule has 0 amide bonds. The highest BCUT2D eigenvalue weighted by molar-refractivity contribution is 5.74. The average Bonchev–Trinajstić information content (AvgIpc) is 2.77. The summed E-state index contributed by atoms with van der Waals surface area (Å²) in [5, 5.41) is 0. The maximum atomic E-state index is 3.48. The van der Waals surface area contributed by atoms with Crippen molar-refractivity contribution in [3.8, 4) is 11.4 Å². The van der Waals surface area contributed by atoms with Crippen molar-refractivity contribution in [3.05, 3.63) is 48.5 Å². The standard InChI is InChI=1S/C16H17N3/c1-18(2)13-10-8-12(9-11-13)16-17-14-6-4-5-7-15(14)19(16)3/h4-11H,1-3H3/p+1. The molecule has 0 aliphatic carbocycles. The van der Waals surface area contributed by atoms with E-state index in [1.54, 1.807) is 0 Å². The number of H-pyrrole nitrogens is 1. The van der Waals surface area contributed by atoms with Crippen molar-refractivity contribution in [2.45, 2.75) is 0 Å². The van der Waals surface area contributed by atoms with E-state index in [1.165, 1.54) is 16.8 Å². The lowest BCUT2D eigenvalue weighted by molar-refractivity contribution is -0.633. The summed E-state index contributed by atoms with van der Waals surface area (Å²) < 4.78 is 2.19. The Morgan fingerprint density at radius 1 is 0.947 bits per heavy atom. The number of imidazole rings is 1. The van der Waals surface area contributed by atoms with Crippen molar-refractivity contribution in [2.24, 2.45) is 7.05 Å². The molecule has 0 atom stereocenters. The molecule has 0 saturated carbocycles. The van der Waals surface area contributed by atoms with E-state index >= 15 is 0 Å². The van der Waals surface area contributed by atoms with Gasteiger partial charge in [0.2, 0.25) is 0 Å². The van der Waals surface area contributed by atoms with Crippen LogP contribution in [0.3, 0.4) is 0 Å². The number of benzene rings is 2. The van der Waals surface area contributed by atoms with E-state index in [9.17, 15) is 0 Å². The fraction of sp³-hybridized carbons (Fsp3) is 0.188. The first-order valence-corrected chi connectivity index (χ1v) is 6.41. The maximum Gasteiger partial charge on any atom is 0.287 e. The van der Waals surface area contributed by atoms with Crippen molar-refractivity contribution >= 4 is 16.7 Å². The van der Waals surface area contributed by atoms with Crippen molar-refractivity contribution in [1.82, 2.24) is 4.98 Å². The summed E-state index contributed by atoms with van der Waals surface area (Å²) in [6.45, 7) is 0. The number of para-hydroxylation sites is 2. The lowest BCUT2D eigenvalue weighted by Crippen LogP contribution is -2.28. The van der Waals surface area contributed by atoms with Gasteiger partial charge in [0.1, 0.15) is 0 Å². The van der Waals surface area contributed by atoms with Crippen LogP contribution in [0.5, 0.6) is 0 Å². The van der Waals surface area contributed by atoms with E-state index in [0.717, 1.165) is 11.3 Å². The van der Waals surface area contributed by atoms with Gasteiger partial charge in [-0.2, -0.15) is 0 Å². The Labute approximate surface area is 113 Å². The molecule has 96 valence electrons. The zero-order valence-corrected chi connectivity index (χ0v) is 11.5. The van der Waals surface area contributed by atoms with E-state index in [0.29, 0.717) is 0 Å². The summed E-state index contributed by atoms with van der Waals surface area (Å²) in [5.74, 6) is 1.13. The molecule has 3 heteroatoms. The second kappa shape index (κ2) is 4.43. The van der Waals surface area contributed by atoms with Gasteiger partial charge in [-0.3, -0.25) is 0 Å². The highest BCUT2D eigenvalue weighted by Crippen LogP contribution is 2.21. The molecule has 0 spiro atoms. The Bertz CT molecular complexity index is 708. The van der Waals surface area contributed by atoms with Gasteiger partial charge in [-0.05, 0) is 36.4 Å². The third-order valence-electron chi connectivity index (χ3n) is 3.51. The fourth-order valence-electron chi connectivity index (χ4n) is 2.39. The molecule has 0 aliphatic heterocycles. The van der Waals surface area contributed by atoms with E-state index in [-0.39, 0.29) is 0 Å². The van der Waals surface area contributed by atoms with Crippen LogP contribution in [-0.2, 0) is 7.05 Å². The number of anilines is 1. The second-order valence-corrected chi connectivity index (χ2v) is 4.99. The predicted octanol–water partition coefficient (Wildman–Crippen LogP) is 2.73. The van der Waals surface area contributed by atoms with Crippen molar-refractivity contribution < 1.29 is 4.57 Å². The van der Waals surface area contributed by atoms with Crippen LogP contribution >= 0.6 is 0 Å². The number of nitrogens with zero attached hydrogens (tertiary/aromatic N) is 2. The van der Waals surface area contributed by atoms with Gasteiger partial charge in [0.25, 0.3) is 5.82 Å². The number of aromatic nitrogens is 2. The molecule has 3 nitrogen and oxygen atoms in total. The van der Waals surface area contributed by atoms with E-state index in [2.05, 4.69) is 84.1 Å². The van der Waals surface area contributed by atoms with E-state index in [4.69, 9.17) is 0 Å². The third-order valence-corrected chi connectivity index (χ3v) is 3.51. The Morgan fingerprint density at radius 3 is 2.26 bits per heavy atom. The smallest absolute Gasteiger partial charge is 0.287 e. The molecule has 19 heavy (non-hydrogen) atoms. The first-order chi connectivity index (χ1) is 9.16. The number of aromatic amines is 1. The Hall–Kier alpha value is -2.29. The minimum atomic E-state index is 1.13. The summed E-state index contributed by atoms with van der Waals surface area (Å²) in [7, 11) is 6.20. The topological polar surface area (TPSA) is 22.9 Å². The normalized spacial score (nSPS) is 10.9. The largest absolute Gasteiger partial charge is 0.378 e. The first-order valence-electron chi connectivity index (χ1n) is 6.41. The van der Waals surface area contributed by atoms with Crippen LogP contribution in [0.2, 0.25) is 0 Å². The SMILES string of the molecule is CN(C)c1ccc(-c2[nH]c3ccccc3[n+]2C)cc1. The zero-order valence-electron chi connectivity index (χ0n) is 11.5. The lowest BCUT2D eigenvalue weighted by Gasteiger charge is -2.11. The minimum absolute atomic E-state index is 1.13. The molecule has 0 bridgehead atoms. The molecular weight excluding hydrogens is 234 g/mol. The van der Waals surface area contributed by atoms with Crippen LogP contribution in [0.4, 0.5) is 5.69 Å². The number of fused-ring (bicyclic) bond motifs is 1. The Kier molecular flexibility index (Phi) is 2.75. The zero-order chi connectivity index (χ0) is 13.4. The highest BCUT2D eigenvalue weighted by atomic mass is 15.1. The Balaban J connectivity index is 2.11. The molecule has 1 N–H and O–H groups in total. The van der Waals surface area contributed by atoms with Crippen molar-refractivity contribution in [2.75, 3.05) is 19.0 Å². The van der Waals surface area contributed by atoms with Crippen LogP contribution in [-0.4, -0.2) is 19.1 Å². The molecule has 3 rings (SSSR count). The fourth-order valence-corrected chi connectivity index (χ4v) is 2.39. The molecule has 2 aromatic carbocycles. The molecule has 1 aromatic heterocycles. The Morgan fingerprint density at radius 2 is 1.63 bits per heavy atom. The number of nitrogens with one attached hydrogen (secondary N) is 1. The van der Waals surface area contributed by atoms with Gasteiger partial charge in [-0.15, -0.1) is 0 Å². The minimum Gasteiger partial charge on any atom is -0.378 e. The van der Waals surface area contributed by atoms with Crippen LogP contribution in [0.15, 0.2) is 48.5 Å². The van der Waals surface area contributed by atoms with Crippen LogP contribution in [0.25, 0.3) is 22.4 Å². The summed E-state index contributed by atoms with van der Waals surface area (Å²) in [5.41, 5.74) is 4.79. The third kappa shape index (κ3) is 1.97.